The molecule has 0 radical (unpaired) electrons. The number of carbonyl (C=O) groups excluding carboxylic acids is 1. The number of rotatable bonds is 9. The summed E-state index contributed by atoms with van der Waals surface area (Å²) in [6.07, 6.45) is 5.56. The Labute approximate surface area is 112 Å². The van der Waals surface area contributed by atoms with Gasteiger partial charge in [0.05, 0.1) is 0 Å². The second kappa shape index (κ2) is 8.29. The Morgan fingerprint density at radius 1 is 1.37 bits per heavy atom. The van der Waals surface area contributed by atoms with Crippen LogP contribution in [0.15, 0.2) is 18.5 Å². The lowest BCUT2D eigenvalue weighted by molar-refractivity contribution is -0.137. The zero-order chi connectivity index (χ0) is 14.1. The first-order valence-electron chi connectivity index (χ1n) is 6.54. The minimum atomic E-state index is -0.768. The van der Waals surface area contributed by atoms with Gasteiger partial charge in [-0.25, -0.2) is 0 Å². The van der Waals surface area contributed by atoms with Crippen molar-refractivity contribution in [1.82, 2.24) is 15.1 Å². The second-order valence-electron chi connectivity index (χ2n) is 4.70. The summed E-state index contributed by atoms with van der Waals surface area (Å²) in [6.45, 7) is 3.17. The number of aromatic nitrogens is 2. The lowest BCUT2D eigenvalue weighted by atomic mass is 10.0. The molecule has 0 aliphatic rings. The number of amides is 1. The van der Waals surface area contributed by atoms with Gasteiger partial charge < -0.3 is 10.4 Å². The molecule has 1 unspecified atom stereocenters. The Bertz CT molecular complexity index is 390. The summed E-state index contributed by atoms with van der Waals surface area (Å²) in [4.78, 5) is 21.9. The minimum absolute atomic E-state index is 0.000865. The molecule has 6 heteroatoms. The van der Waals surface area contributed by atoms with Crippen molar-refractivity contribution in [2.24, 2.45) is 5.92 Å². The SMILES string of the molecule is CC(CCNC(=O)CCn1cccn1)CCC(=O)O. The first-order valence-corrected chi connectivity index (χ1v) is 6.54. The highest BCUT2D eigenvalue weighted by Crippen LogP contribution is 2.09. The van der Waals surface area contributed by atoms with Crippen LogP contribution in [0.5, 0.6) is 0 Å². The van der Waals surface area contributed by atoms with Gasteiger partial charge in [-0.2, -0.15) is 5.10 Å². The van der Waals surface area contributed by atoms with Gasteiger partial charge >= 0.3 is 5.97 Å². The van der Waals surface area contributed by atoms with Crippen LogP contribution in [0.2, 0.25) is 0 Å². The quantitative estimate of drug-likeness (QED) is 0.706. The highest BCUT2D eigenvalue weighted by Gasteiger charge is 2.07. The van der Waals surface area contributed by atoms with Crippen LogP contribution in [-0.4, -0.2) is 33.3 Å². The number of nitrogens with one attached hydrogen (secondary N) is 1. The Hall–Kier alpha value is -1.85. The minimum Gasteiger partial charge on any atom is -0.481 e. The third kappa shape index (κ3) is 7.23. The van der Waals surface area contributed by atoms with E-state index < -0.39 is 5.97 Å². The standard InChI is InChI=1S/C13H21N3O3/c1-11(3-4-13(18)19)5-8-14-12(17)6-10-16-9-2-7-15-16/h2,7,9,11H,3-6,8,10H2,1H3,(H,14,17)(H,18,19). The molecule has 19 heavy (non-hydrogen) atoms. The predicted molar refractivity (Wildman–Crippen MR) is 70.5 cm³/mol. The lowest BCUT2D eigenvalue weighted by Gasteiger charge is -2.10. The van der Waals surface area contributed by atoms with E-state index in [-0.39, 0.29) is 12.3 Å². The number of aliphatic carboxylic acids is 1. The molecule has 0 spiro atoms. The molecule has 0 saturated carbocycles. The molecule has 6 nitrogen and oxygen atoms in total. The second-order valence-corrected chi connectivity index (χ2v) is 4.70. The Balaban J connectivity index is 2.05. The molecule has 1 heterocycles. The molecule has 1 rings (SSSR count). The maximum absolute atomic E-state index is 11.5. The zero-order valence-corrected chi connectivity index (χ0v) is 11.2. The van der Waals surface area contributed by atoms with Gasteiger partial charge in [0.25, 0.3) is 0 Å². The largest absolute Gasteiger partial charge is 0.481 e. The van der Waals surface area contributed by atoms with Crippen LogP contribution in [0.1, 0.15) is 32.6 Å². The summed E-state index contributed by atoms with van der Waals surface area (Å²) in [5, 5.41) is 15.4. The third-order valence-electron chi connectivity index (χ3n) is 2.94. The number of carboxylic acid groups (broad SMARTS) is 1. The smallest absolute Gasteiger partial charge is 0.303 e. The van der Waals surface area contributed by atoms with E-state index in [9.17, 15) is 9.59 Å². The fraction of sp³-hybridized carbons (Fsp3) is 0.615. The van der Waals surface area contributed by atoms with E-state index in [1.54, 1.807) is 10.9 Å². The Morgan fingerprint density at radius 2 is 2.16 bits per heavy atom. The molecule has 1 aromatic rings. The van der Waals surface area contributed by atoms with Crippen molar-refractivity contribution in [3.05, 3.63) is 18.5 Å². The van der Waals surface area contributed by atoms with Crippen molar-refractivity contribution in [1.29, 1.82) is 0 Å². The molecule has 2 N–H and O–H groups in total. The predicted octanol–water partition coefficient (Wildman–Crippen LogP) is 1.28. The summed E-state index contributed by atoms with van der Waals surface area (Å²) in [6, 6.07) is 1.82. The number of hydrogen-bond acceptors (Lipinski definition) is 3. The fourth-order valence-corrected chi connectivity index (χ4v) is 1.71. The Morgan fingerprint density at radius 3 is 2.79 bits per heavy atom. The maximum Gasteiger partial charge on any atom is 0.303 e. The lowest BCUT2D eigenvalue weighted by Crippen LogP contribution is -2.26. The van der Waals surface area contributed by atoms with E-state index in [1.807, 2.05) is 19.2 Å². The number of hydrogen-bond donors (Lipinski definition) is 2. The number of carboxylic acids is 1. The van der Waals surface area contributed by atoms with Crippen LogP contribution in [0.3, 0.4) is 0 Å². The summed E-state index contributed by atoms with van der Waals surface area (Å²) in [5.41, 5.74) is 0. The van der Waals surface area contributed by atoms with E-state index in [2.05, 4.69) is 10.4 Å². The summed E-state index contributed by atoms with van der Waals surface area (Å²) < 4.78 is 1.72. The molecule has 1 atom stereocenters. The molecule has 106 valence electrons. The molecular weight excluding hydrogens is 246 g/mol. The highest BCUT2D eigenvalue weighted by atomic mass is 16.4. The summed E-state index contributed by atoms with van der Waals surface area (Å²) >= 11 is 0. The molecule has 1 amide bonds. The zero-order valence-electron chi connectivity index (χ0n) is 11.2. The molecule has 0 bridgehead atoms. The molecule has 0 aliphatic heterocycles. The number of aryl methyl sites for hydroxylation is 1. The van der Waals surface area contributed by atoms with Crippen LogP contribution >= 0.6 is 0 Å². The monoisotopic (exact) mass is 267 g/mol. The Kier molecular flexibility index (Phi) is 6.63. The number of nitrogens with zero attached hydrogens (tertiary/aromatic N) is 2. The van der Waals surface area contributed by atoms with Gasteiger partial charge in [0.15, 0.2) is 0 Å². The van der Waals surface area contributed by atoms with E-state index in [0.29, 0.717) is 31.8 Å². The van der Waals surface area contributed by atoms with Crippen molar-refractivity contribution in [3.63, 3.8) is 0 Å². The van der Waals surface area contributed by atoms with Crippen LogP contribution in [-0.2, 0) is 16.1 Å². The number of carbonyl (C=O) groups is 2. The van der Waals surface area contributed by atoms with Gasteiger partial charge in [-0.1, -0.05) is 6.92 Å². The van der Waals surface area contributed by atoms with Gasteiger partial charge in [-0.15, -0.1) is 0 Å². The van der Waals surface area contributed by atoms with Gasteiger partial charge in [0.2, 0.25) is 5.91 Å². The van der Waals surface area contributed by atoms with Crippen molar-refractivity contribution < 1.29 is 14.7 Å². The fourth-order valence-electron chi connectivity index (χ4n) is 1.71. The first-order chi connectivity index (χ1) is 9.08. The van der Waals surface area contributed by atoms with E-state index in [1.165, 1.54) is 0 Å². The van der Waals surface area contributed by atoms with Gasteiger partial charge in [-0.3, -0.25) is 14.3 Å². The highest BCUT2D eigenvalue weighted by molar-refractivity contribution is 5.75. The van der Waals surface area contributed by atoms with E-state index in [0.717, 1.165) is 6.42 Å². The topological polar surface area (TPSA) is 84.2 Å². The first kappa shape index (κ1) is 15.2. The molecule has 0 aliphatic carbocycles. The van der Waals surface area contributed by atoms with Crippen LogP contribution in [0.25, 0.3) is 0 Å². The van der Waals surface area contributed by atoms with Crippen molar-refractivity contribution in [2.45, 2.75) is 39.2 Å². The summed E-state index contributed by atoms with van der Waals surface area (Å²) in [5.74, 6) is -0.460. The normalized spacial score (nSPS) is 12.1. The van der Waals surface area contributed by atoms with E-state index >= 15 is 0 Å². The average Bonchev–Trinajstić information content (AvgIpc) is 2.87. The van der Waals surface area contributed by atoms with E-state index in [4.69, 9.17) is 5.11 Å². The van der Waals surface area contributed by atoms with Crippen molar-refractivity contribution in [3.8, 4) is 0 Å². The molecule has 0 saturated heterocycles. The van der Waals surface area contributed by atoms with Gasteiger partial charge in [-0.05, 0) is 24.8 Å². The van der Waals surface area contributed by atoms with Crippen LogP contribution < -0.4 is 5.32 Å². The third-order valence-corrected chi connectivity index (χ3v) is 2.94. The van der Waals surface area contributed by atoms with Crippen LogP contribution in [0, 0.1) is 5.92 Å². The molecular formula is C13H21N3O3. The molecule has 1 aromatic heterocycles. The van der Waals surface area contributed by atoms with Gasteiger partial charge in [0, 0.05) is 38.3 Å². The van der Waals surface area contributed by atoms with Crippen molar-refractivity contribution in [2.75, 3.05) is 6.54 Å². The maximum atomic E-state index is 11.5. The van der Waals surface area contributed by atoms with Crippen molar-refractivity contribution >= 4 is 11.9 Å². The summed E-state index contributed by atoms with van der Waals surface area (Å²) in [7, 11) is 0. The molecule has 0 fully saturated rings. The molecule has 0 aromatic carbocycles. The van der Waals surface area contributed by atoms with Gasteiger partial charge in [0.1, 0.15) is 0 Å². The van der Waals surface area contributed by atoms with Crippen LogP contribution in [0.4, 0.5) is 0 Å². The average molecular weight is 267 g/mol.